The monoisotopic (exact) mass is 356 g/mol. The summed E-state index contributed by atoms with van der Waals surface area (Å²) in [5.41, 5.74) is 1.92. The number of nitrogens with one attached hydrogen (secondary N) is 1. The van der Waals surface area contributed by atoms with Crippen molar-refractivity contribution in [2.45, 2.75) is 25.4 Å². The van der Waals surface area contributed by atoms with E-state index in [4.69, 9.17) is 4.74 Å². The highest BCUT2D eigenvalue weighted by Gasteiger charge is 2.26. The minimum Gasteiger partial charge on any atom is -0.445 e. The Kier molecular flexibility index (Phi) is 5.88. The maximum absolute atomic E-state index is 12.4. The standard InChI is InChI=1S/C19H24N4O3/c1-22-11-9-17(21-22)16-8-5-10-23(13-16)18(24)12-20-19(25)26-14-15-6-3-2-4-7-15/h2-4,6-7,9,11,16H,5,8,10,12-14H2,1H3,(H,20,25)/t16-/m1/s1. The normalized spacial score (nSPS) is 17.0. The van der Waals surface area contributed by atoms with Crippen molar-refractivity contribution in [1.29, 1.82) is 0 Å². The molecular weight excluding hydrogens is 332 g/mol. The van der Waals surface area contributed by atoms with E-state index in [0.717, 1.165) is 24.1 Å². The van der Waals surface area contributed by atoms with Crippen LogP contribution >= 0.6 is 0 Å². The molecule has 0 radical (unpaired) electrons. The van der Waals surface area contributed by atoms with Crippen molar-refractivity contribution in [3.05, 3.63) is 53.9 Å². The van der Waals surface area contributed by atoms with Gasteiger partial charge in [-0.05, 0) is 24.5 Å². The van der Waals surface area contributed by atoms with Gasteiger partial charge in [0.15, 0.2) is 0 Å². The number of aromatic nitrogens is 2. The van der Waals surface area contributed by atoms with Gasteiger partial charge in [-0.25, -0.2) is 4.79 Å². The van der Waals surface area contributed by atoms with Crippen LogP contribution in [0, 0.1) is 0 Å². The van der Waals surface area contributed by atoms with E-state index in [-0.39, 0.29) is 25.0 Å². The highest BCUT2D eigenvalue weighted by Crippen LogP contribution is 2.25. The second-order valence-corrected chi connectivity index (χ2v) is 6.51. The maximum Gasteiger partial charge on any atom is 0.407 e. The Balaban J connectivity index is 1.43. The molecule has 26 heavy (non-hydrogen) atoms. The summed E-state index contributed by atoms with van der Waals surface area (Å²) in [7, 11) is 1.89. The van der Waals surface area contributed by atoms with Crippen LogP contribution in [0.5, 0.6) is 0 Å². The smallest absolute Gasteiger partial charge is 0.407 e. The van der Waals surface area contributed by atoms with Gasteiger partial charge in [0.05, 0.1) is 5.69 Å². The molecule has 0 aliphatic carbocycles. The molecule has 1 aliphatic heterocycles. The Labute approximate surface area is 152 Å². The molecule has 7 nitrogen and oxygen atoms in total. The van der Waals surface area contributed by atoms with Crippen LogP contribution in [0.1, 0.15) is 30.0 Å². The number of benzene rings is 1. The van der Waals surface area contributed by atoms with Crippen molar-refractivity contribution in [2.24, 2.45) is 7.05 Å². The summed E-state index contributed by atoms with van der Waals surface area (Å²) < 4.78 is 6.90. The van der Waals surface area contributed by atoms with E-state index < -0.39 is 6.09 Å². The molecule has 1 aromatic carbocycles. The third-order valence-electron chi connectivity index (χ3n) is 4.52. The molecular formula is C19H24N4O3. The number of alkyl carbamates (subject to hydrolysis) is 1. The lowest BCUT2D eigenvalue weighted by Gasteiger charge is -2.32. The predicted octanol–water partition coefficient (Wildman–Crippen LogP) is 2.05. The number of piperidine rings is 1. The van der Waals surface area contributed by atoms with Crippen LogP contribution in [-0.2, 0) is 23.2 Å². The van der Waals surface area contributed by atoms with Gasteiger partial charge in [0.25, 0.3) is 0 Å². The number of amides is 2. The predicted molar refractivity (Wildman–Crippen MR) is 96.4 cm³/mol. The highest BCUT2D eigenvalue weighted by molar-refractivity contribution is 5.82. The summed E-state index contributed by atoms with van der Waals surface area (Å²) in [5.74, 6) is 0.154. The van der Waals surface area contributed by atoms with E-state index in [2.05, 4.69) is 10.4 Å². The van der Waals surface area contributed by atoms with Crippen LogP contribution < -0.4 is 5.32 Å². The van der Waals surface area contributed by atoms with Gasteiger partial charge in [0, 0.05) is 32.3 Å². The molecule has 1 saturated heterocycles. The minimum atomic E-state index is -0.583. The first-order valence-electron chi connectivity index (χ1n) is 8.83. The minimum absolute atomic E-state index is 0.0530. The van der Waals surface area contributed by atoms with E-state index in [9.17, 15) is 9.59 Å². The van der Waals surface area contributed by atoms with E-state index >= 15 is 0 Å². The summed E-state index contributed by atoms with van der Waals surface area (Å²) in [6, 6.07) is 11.4. The molecule has 0 unspecified atom stereocenters. The molecule has 0 bridgehead atoms. The largest absolute Gasteiger partial charge is 0.445 e. The van der Waals surface area contributed by atoms with Crippen molar-refractivity contribution < 1.29 is 14.3 Å². The molecule has 138 valence electrons. The lowest BCUT2D eigenvalue weighted by molar-refractivity contribution is -0.131. The van der Waals surface area contributed by atoms with Gasteiger partial charge in [0.1, 0.15) is 13.2 Å². The summed E-state index contributed by atoms with van der Waals surface area (Å²) in [5, 5.41) is 6.98. The van der Waals surface area contributed by atoms with Crippen LogP contribution in [0.2, 0.25) is 0 Å². The van der Waals surface area contributed by atoms with E-state index in [1.54, 1.807) is 9.58 Å². The van der Waals surface area contributed by atoms with Gasteiger partial charge in [-0.2, -0.15) is 5.10 Å². The summed E-state index contributed by atoms with van der Waals surface area (Å²) in [6.45, 7) is 1.48. The van der Waals surface area contributed by atoms with E-state index in [1.807, 2.05) is 49.6 Å². The number of hydrogen-bond acceptors (Lipinski definition) is 4. The Morgan fingerprint density at radius 2 is 2.08 bits per heavy atom. The number of ether oxygens (including phenoxy) is 1. The van der Waals surface area contributed by atoms with Gasteiger partial charge >= 0.3 is 6.09 Å². The zero-order chi connectivity index (χ0) is 18.4. The summed E-state index contributed by atoms with van der Waals surface area (Å²) in [4.78, 5) is 26.0. The fourth-order valence-corrected chi connectivity index (χ4v) is 3.13. The fraction of sp³-hybridized carbons (Fsp3) is 0.421. The number of likely N-dealkylation sites (tertiary alicyclic amines) is 1. The molecule has 2 aromatic rings. The van der Waals surface area contributed by atoms with Crippen LogP contribution in [0.4, 0.5) is 4.79 Å². The first kappa shape index (κ1) is 18.0. The molecule has 0 saturated carbocycles. The zero-order valence-electron chi connectivity index (χ0n) is 14.9. The molecule has 2 heterocycles. The molecule has 7 heteroatoms. The van der Waals surface area contributed by atoms with Gasteiger partial charge < -0.3 is 15.0 Å². The number of carbonyl (C=O) groups is 2. The summed E-state index contributed by atoms with van der Waals surface area (Å²) in [6.07, 6.45) is 3.29. The molecule has 1 aliphatic rings. The third kappa shape index (κ3) is 4.84. The Morgan fingerprint density at radius 3 is 2.81 bits per heavy atom. The second kappa shape index (κ2) is 8.51. The van der Waals surface area contributed by atoms with Crippen LogP contribution in [-0.4, -0.2) is 46.3 Å². The average molecular weight is 356 g/mol. The van der Waals surface area contributed by atoms with E-state index in [0.29, 0.717) is 13.1 Å². The molecule has 1 aromatic heterocycles. The summed E-state index contributed by atoms with van der Waals surface area (Å²) >= 11 is 0. The Hall–Kier alpha value is -2.83. The van der Waals surface area contributed by atoms with Crippen LogP contribution in [0.15, 0.2) is 42.6 Å². The van der Waals surface area contributed by atoms with Crippen molar-refractivity contribution in [2.75, 3.05) is 19.6 Å². The lowest BCUT2D eigenvalue weighted by Crippen LogP contribution is -2.44. The van der Waals surface area contributed by atoms with Crippen LogP contribution in [0.3, 0.4) is 0 Å². The maximum atomic E-state index is 12.4. The van der Waals surface area contributed by atoms with Gasteiger partial charge in [-0.3, -0.25) is 9.48 Å². The number of nitrogens with zero attached hydrogens (tertiary/aromatic N) is 3. The van der Waals surface area contributed by atoms with Crippen molar-refractivity contribution in [3.8, 4) is 0 Å². The lowest BCUT2D eigenvalue weighted by atomic mass is 9.95. The van der Waals surface area contributed by atoms with Crippen molar-refractivity contribution in [3.63, 3.8) is 0 Å². The van der Waals surface area contributed by atoms with Crippen molar-refractivity contribution in [1.82, 2.24) is 20.0 Å². The molecule has 0 spiro atoms. The van der Waals surface area contributed by atoms with Crippen LogP contribution in [0.25, 0.3) is 0 Å². The Bertz CT molecular complexity index is 744. The number of carbonyl (C=O) groups excluding carboxylic acids is 2. The third-order valence-corrected chi connectivity index (χ3v) is 4.52. The highest BCUT2D eigenvalue weighted by atomic mass is 16.5. The van der Waals surface area contributed by atoms with Gasteiger partial charge in [0.2, 0.25) is 5.91 Å². The van der Waals surface area contributed by atoms with Gasteiger partial charge in [-0.15, -0.1) is 0 Å². The first-order valence-corrected chi connectivity index (χ1v) is 8.83. The molecule has 1 fully saturated rings. The molecule has 3 rings (SSSR count). The SMILES string of the molecule is Cn1ccc([C@@H]2CCCN(C(=O)CNC(=O)OCc3ccccc3)C2)n1. The second-order valence-electron chi connectivity index (χ2n) is 6.51. The topological polar surface area (TPSA) is 76.5 Å². The number of rotatable bonds is 5. The molecule has 1 atom stereocenters. The Morgan fingerprint density at radius 1 is 1.27 bits per heavy atom. The molecule has 1 N–H and O–H groups in total. The average Bonchev–Trinajstić information content (AvgIpc) is 3.12. The van der Waals surface area contributed by atoms with E-state index in [1.165, 1.54) is 0 Å². The molecule has 2 amide bonds. The quantitative estimate of drug-likeness (QED) is 0.890. The first-order chi connectivity index (χ1) is 12.6. The zero-order valence-corrected chi connectivity index (χ0v) is 14.9. The number of hydrogen-bond donors (Lipinski definition) is 1. The van der Waals surface area contributed by atoms with Gasteiger partial charge in [-0.1, -0.05) is 30.3 Å². The fourth-order valence-electron chi connectivity index (χ4n) is 3.13. The van der Waals surface area contributed by atoms with Crippen molar-refractivity contribution >= 4 is 12.0 Å². The number of aryl methyl sites for hydroxylation is 1.